The summed E-state index contributed by atoms with van der Waals surface area (Å²) in [6, 6.07) is 72.0. The molecule has 0 spiro atoms. The minimum absolute atomic E-state index is 0. The number of fused-ring (bicyclic) bond motifs is 1. The molecule has 8 aliphatic rings. The maximum atomic E-state index is 6.16. The summed E-state index contributed by atoms with van der Waals surface area (Å²) < 4.78 is 124. The van der Waals surface area contributed by atoms with Gasteiger partial charge in [-0.05, 0) is 152 Å². The molecule has 136 heavy (non-hydrogen) atoms. The van der Waals surface area contributed by atoms with Crippen molar-refractivity contribution in [3.8, 4) is 80.5 Å². The standard InChI is InChI=1S/2C19H21O4.C18H18ClO3.C18H25O5.C17H22ClO4.C15H15O2.6Cs/c1-14-8-19(22-12-14)23-18-10-16(20-2)9-17(11-18)21-13-15-6-4-3-5-7-15;1-14-10-19(22-12-14)23-16-8-9-17(20-2)18(11-16)21-13-15-6-4-3-5-7-15;1-13-7-18(21-11-13)22-17-9-15(19)8-16(10-17)20-12-14-5-3-2-4-6-14;1-13-7-18(22-11-13)23-17-9-15(19-2)8-16(10-17)21-12-14-3-5-20-6-4-14;1-12-6-17(21-10-12)22-16-8-14(18)7-15(9-16)20-11-13-2-4-19-5-3-13;1-11-8-15(16-10-11)17-14-7-6-12-4-2-3-5-13(12)9-14;;;;;;/h3-7,9-12,14,19H,8,13H2,1-2H3;3-9,11-12,14,19H,10,13H2,1-2H3;2-6,8-11,13,18H,7,12H2,1H3;8-11,13-14,18H,3-7,12H2,1-2H3;7-10,12-13,17H,2-6,11H2,1H3;2-7,9-11,15H,8H2,1H3;;;;;;/q6*-1;6*+1/t2*14-,19?;2*13-,18?;12-,17?;11-,15?;;;;;;/m111111....../s1. The van der Waals surface area contributed by atoms with Gasteiger partial charge in [0.25, 0.3) is 0 Å². The molecule has 8 heterocycles. The Hall–Kier alpha value is 2.23. The van der Waals surface area contributed by atoms with Gasteiger partial charge < -0.3 is 104 Å². The minimum Gasteiger partial charge on any atom is -0.520 e. The van der Waals surface area contributed by atoms with Crippen LogP contribution in [0.4, 0.5) is 0 Å². The third-order valence-corrected chi connectivity index (χ3v) is 22.3. The van der Waals surface area contributed by atoms with Crippen LogP contribution < -0.4 is 480 Å². The van der Waals surface area contributed by atoms with Gasteiger partial charge in [-0.1, -0.05) is 186 Å². The summed E-state index contributed by atoms with van der Waals surface area (Å²) in [5, 5.41) is 3.61. The second kappa shape index (κ2) is 69.6. The first-order valence-electron chi connectivity index (χ1n) is 44.9. The molecule has 12 atom stereocenters. The van der Waals surface area contributed by atoms with Gasteiger partial charge in [0.05, 0.1) is 34.5 Å². The summed E-state index contributed by atoms with van der Waals surface area (Å²) in [6.45, 7) is 29.7. The molecule has 698 valence electrons. The van der Waals surface area contributed by atoms with Gasteiger partial charge in [0.2, 0.25) is 0 Å². The van der Waals surface area contributed by atoms with Gasteiger partial charge in [-0.25, -0.2) is 39.6 Å². The SMILES string of the molecule is COc1cc(OCC2CCOCC2)cc(OC2C[C@@H](C)[CH-]O2)c1.COc1cc(OCc2ccccc2)cc(OC2C[C@@H](C)[CH-]O2)c1.COc1ccc(OC2C[C@@H](C)[CH-]O2)cc1OCc1ccccc1.C[C@H]1[CH-]OC(Oc2cc(Cl)cc(OCC3CCOCC3)c2)C1.C[C@H]1[CH-]OC(Oc2cc(Cl)cc(OCc3ccccc3)c2)C1.C[C@H]1[CH-]OC(Oc2ccc3ccccc3c2)C1.[Cs+].[Cs+].[Cs+].[Cs+].[Cs+].[Cs+]. The molecule has 30 heteroatoms. The van der Waals surface area contributed by atoms with E-state index in [9.17, 15) is 0 Å². The van der Waals surface area contributed by atoms with Gasteiger partial charge in [0, 0.05) is 91.1 Å². The van der Waals surface area contributed by atoms with E-state index in [0.29, 0.717) is 148 Å². The molecule has 0 bridgehead atoms. The van der Waals surface area contributed by atoms with E-state index in [1.807, 2.05) is 222 Å². The molecule has 0 aliphatic carbocycles. The van der Waals surface area contributed by atoms with Crippen LogP contribution in [0, 0.1) is 87.0 Å². The Labute approximate surface area is 1170 Å². The fourth-order valence-electron chi connectivity index (χ4n) is 14.7. The zero-order chi connectivity index (χ0) is 90.6. The third-order valence-electron chi connectivity index (χ3n) is 21.9. The Kier molecular flexibility index (Phi) is 64.1. The molecule has 6 unspecified atom stereocenters. The molecule has 8 fully saturated rings. The predicted molar refractivity (Wildman–Crippen MR) is 498 cm³/mol. The molecule has 8 saturated heterocycles. The zero-order valence-corrected chi connectivity index (χ0v) is 121. The summed E-state index contributed by atoms with van der Waals surface area (Å²) in [5.74, 6) is 13.6. The van der Waals surface area contributed by atoms with E-state index in [1.54, 1.807) is 39.5 Å². The quantitative estimate of drug-likeness (QED) is 0.0440. The molecule has 18 rings (SSSR count). The number of ether oxygens (including phenoxy) is 22. The Morgan fingerprint density at radius 3 is 0.890 bits per heavy atom. The van der Waals surface area contributed by atoms with Crippen molar-refractivity contribution in [1.29, 1.82) is 0 Å². The van der Waals surface area contributed by atoms with E-state index >= 15 is 0 Å². The monoisotopic (exact) mass is 2610 g/mol. The molecule has 22 nitrogen and oxygen atoms in total. The third kappa shape index (κ3) is 46.2. The normalized spacial score (nSPS) is 21.7. The second-order valence-corrected chi connectivity index (χ2v) is 34.4. The van der Waals surface area contributed by atoms with Gasteiger partial charge in [-0.3, -0.25) is 0 Å². The average Bonchev–Trinajstić information content (AvgIpc) is 1.17. The smallest absolute Gasteiger partial charge is 0.520 e. The van der Waals surface area contributed by atoms with Crippen molar-refractivity contribution in [2.24, 2.45) is 47.3 Å². The van der Waals surface area contributed by atoms with Crippen molar-refractivity contribution in [2.75, 3.05) is 61.0 Å². The van der Waals surface area contributed by atoms with Crippen LogP contribution in [0.15, 0.2) is 224 Å². The molecule has 0 radical (unpaired) electrons. The fraction of sp³-hybridized carbons (Fsp3) is 0.396. The van der Waals surface area contributed by atoms with Crippen LogP contribution >= 0.6 is 23.2 Å². The molecule has 10 aromatic carbocycles. The fourth-order valence-corrected chi connectivity index (χ4v) is 15.2. The molecule has 0 amide bonds. The van der Waals surface area contributed by atoms with Gasteiger partial charge in [0.15, 0.2) is 49.2 Å². The number of rotatable bonds is 30. The Bertz CT molecular complexity index is 5000. The van der Waals surface area contributed by atoms with Crippen LogP contribution in [0.3, 0.4) is 0 Å². The van der Waals surface area contributed by atoms with E-state index in [-0.39, 0.29) is 451 Å². The van der Waals surface area contributed by atoms with Crippen molar-refractivity contribution >= 4 is 34.0 Å². The van der Waals surface area contributed by atoms with Crippen molar-refractivity contribution in [1.82, 2.24) is 0 Å². The Morgan fingerprint density at radius 2 is 0.544 bits per heavy atom. The zero-order valence-electron chi connectivity index (χ0n) is 81.6. The summed E-state index contributed by atoms with van der Waals surface area (Å²) >= 11 is 12.3. The van der Waals surface area contributed by atoms with Crippen molar-refractivity contribution in [2.45, 2.75) is 163 Å². The molecule has 0 saturated carbocycles. The summed E-state index contributed by atoms with van der Waals surface area (Å²) in [6.07, 6.45) is 8.02. The average molecular weight is 2620 g/mol. The maximum Gasteiger partial charge on any atom is 1.00 e. The van der Waals surface area contributed by atoms with E-state index in [0.717, 1.165) is 130 Å². The van der Waals surface area contributed by atoms with Gasteiger partial charge in [-0.2, -0.15) is 0 Å². The molecular formula is C106H122Cl2Cs6O22. The van der Waals surface area contributed by atoms with Crippen LogP contribution in [0.5, 0.6) is 80.5 Å². The van der Waals surface area contributed by atoms with Crippen molar-refractivity contribution < 1.29 is 518 Å². The summed E-state index contributed by atoms with van der Waals surface area (Å²) in [7, 11) is 4.90. The molecule has 0 aromatic heterocycles. The number of hydrogen-bond donors (Lipinski definition) is 0. The molecular weight excluding hydrogens is 2490 g/mol. The van der Waals surface area contributed by atoms with Gasteiger partial charge in [-0.15, -0.1) is 35.5 Å². The number of halogens is 2. The van der Waals surface area contributed by atoms with E-state index in [1.165, 1.54) is 10.8 Å². The summed E-state index contributed by atoms with van der Waals surface area (Å²) in [4.78, 5) is 0. The number of hydrogen-bond acceptors (Lipinski definition) is 22. The van der Waals surface area contributed by atoms with Gasteiger partial charge in [0.1, 0.15) is 88.8 Å². The molecule has 10 aromatic rings. The van der Waals surface area contributed by atoms with Crippen LogP contribution in [-0.4, -0.2) is 98.7 Å². The van der Waals surface area contributed by atoms with E-state index in [4.69, 9.17) is 127 Å². The number of benzene rings is 10. The van der Waals surface area contributed by atoms with Crippen LogP contribution in [0.2, 0.25) is 10.0 Å². The van der Waals surface area contributed by atoms with Crippen molar-refractivity contribution in [3.05, 3.63) is 291 Å². The minimum atomic E-state index is -0.254. The Balaban J connectivity index is 0.000000221. The topological polar surface area (TPSA) is 203 Å². The first kappa shape index (κ1) is 125. The van der Waals surface area contributed by atoms with Crippen molar-refractivity contribution in [3.63, 3.8) is 0 Å². The first-order chi connectivity index (χ1) is 63.4. The Morgan fingerprint density at radius 1 is 0.265 bits per heavy atom. The van der Waals surface area contributed by atoms with Crippen LogP contribution in [0.1, 0.15) is 122 Å². The number of methoxy groups -OCH3 is 3. The maximum absolute atomic E-state index is 6.16. The second-order valence-electron chi connectivity index (χ2n) is 33.5. The van der Waals surface area contributed by atoms with Crippen LogP contribution in [-0.2, 0) is 57.7 Å². The van der Waals surface area contributed by atoms with Crippen LogP contribution in [0.25, 0.3) is 10.8 Å². The van der Waals surface area contributed by atoms with Gasteiger partial charge >= 0.3 is 413 Å². The van der Waals surface area contributed by atoms with E-state index in [2.05, 4.69) is 65.8 Å². The largest absolute Gasteiger partial charge is 1.00 e. The predicted octanol–water partition coefficient (Wildman–Crippen LogP) is 6.52. The molecule has 0 N–H and O–H groups in total. The first-order valence-corrected chi connectivity index (χ1v) is 45.6. The van der Waals surface area contributed by atoms with E-state index < -0.39 is 0 Å². The molecule has 8 aliphatic heterocycles. The summed E-state index contributed by atoms with van der Waals surface area (Å²) in [5.41, 5.74) is 3.32.